The highest BCUT2D eigenvalue weighted by Gasteiger charge is 2.15. The van der Waals surface area contributed by atoms with Crippen molar-refractivity contribution in [1.29, 1.82) is 0 Å². The van der Waals surface area contributed by atoms with Crippen molar-refractivity contribution in [3.8, 4) is 5.75 Å². The fourth-order valence-corrected chi connectivity index (χ4v) is 1.65. The van der Waals surface area contributed by atoms with Crippen LogP contribution in [0, 0.1) is 0 Å². The van der Waals surface area contributed by atoms with E-state index in [0.717, 1.165) is 0 Å². The van der Waals surface area contributed by atoms with Gasteiger partial charge in [-0.2, -0.15) is 8.42 Å². The maximum atomic E-state index is 10.8. The normalized spacial score (nSPS) is 11.3. The number of hydrogen-bond acceptors (Lipinski definition) is 3. The molecule has 6 heteroatoms. The first-order valence-electron chi connectivity index (χ1n) is 3.26. The Morgan fingerprint density at radius 3 is 2.54 bits per heavy atom. The number of halogens is 1. The van der Waals surface area contributed by atoms with E-state index < -0.39 is 10.1 Å². The van der Waals surface area contributed by atoms with Crippen molar-refractivity contribution in [2.45, 2.75) is 4.90 Å². The second kappa shape index (κ2) is 3.53. The highest BCUT2D eigenvalue weighted by Crippen LogP contribution is 2.26. The summed E-state index contributed by atoms with van der Waals surface area (Å²) in [5.41, 5.74) is 0. The van der Waals surface area contributed by atoms with Gasteiger partial charge in [-0.05, 0) is 12.1 Å². The molecule has 0 fully saturated rings. The standard InChI is InChI=1S/C7H7ClO4S/c1-12-6-4-5(8)2-3-7(6)13(9,10)11/h2-4H,1H3,(H,9,10,11). The van der Waals surface area contributed by atoms with Gasteiger partial charge in [0.05, 0.1) is 7.11 Å². The van der Waals surface area contributed by atoms with Crippen molar-refractivity contribution in [3.05, 3.63) is 23.2 Å². The van der Waals surface area contributed by atoms with Crippen LogP contribution in [0.4, 0.5) is 0 Å². The van der Waals surface area contributed by atoms with Crippen molar-refractivity contribution in [1.82, 2.24) is 0 Å². The molecule has 1 aromatic carbocycles. The molecule has 1 rings (SSSR count). The van der Waals surface area contributed by atoms with Crippen molar-refractivity contribution >= 4 is 21.7 Å². The highest BCUT2D eigenvalue weighted by molar-refractivity contribution is 7.86. The van der Waals surface area contributed by atoms with Gasteiger partial charge in [-0.25, -0.2) is 0 Å². The average molecular weight is 223 g/mol. The predicted molar refractivity (Wildman–Crippen MR) is 47.8 cm³/mol. The molecule has 0 saturated heterocycles. The Morgan fingerprint density at radius 2 is 2.08 bits per heavy atom. The maximum Gasteiger partial charge on any atom is 0.298 e. The van der Waals surface area contributed by atoms with Crippen LogP contribution in [0.1, 0.15) is 0 Å². The Balaban J connectivity index is 3.39. The zero-order valence-electron chi connectivity index (χ0n) is 6.69. The molecule has 72 valence electrons. The first-order chi connectivity index (χ1) is 5.95. The Morgan fingerprint density at radius 1 is 1.46 bits per heavy atom. The first kappa shape index (κ1) is 10.3. The van der Waals surface area contributed by atoms with E-state index in [2.05, 4.69) is 0 Å². The molecule has 0 unspecified atom stereocenters. The Kier molecular flexibility index (Phi) is 2.80. The summed E-state index contributed by atoms with van der Waals surface area (Å²) in [4.78, 5) is -0.292. The van der Waals surface area contributed by atoms with E-state index >= 15 is 0 Å². The van der Waals surface area contributed by atoms with Gasteiger partial charge < -0.3 is 4.74 Å². The fraction of sp³-hybridized carbons (Fsp3) is 0.143. The summed E-state index contributed by atoms with van der Waals surface area (Å²) in [6, 6.07) is 3.84. The molecule has 0 aliphatic heterocycles. The van der Waals surface area contributed by atoms with Gasteiger partial charge in [0.2, 0.25) is 0 Å². The van der Waals surface area contributed by atoms with Gasteiger partial charge in [0.25, 0.3) is 10.1 Å². The van der Waals surface area contributed by atoms with Crippen LogP contribution in [0.15, 0.2) is 23.1 Å². The van der Waals surface area contributed by atoms with Crippen LogP contribution in [-0.2, 0) is 10.1 Å². The highest BCUT2D eigenvalue weighted by atomic mass is 35.5. The molecule has 0 bridgehead atoms. The monoisotopic (exact) mass is 222 g/mol. The molecule has 0 heterocycles. The molecule has 0 radical (unpaired) electrons. The number of methoxy groups -OCH3 is 1. The summed E-state index contributed by atoms with van der Waals surface area (Å²) in [5, 5.41) is 0.337. The molecule has 0 spiro atoms. The number of hydrogen-bond donors (Lipinski definition) is 1. The third-order valence-corrected chi connectivity index (χ3v) is 2.53. The topological polar surface area (TPSA) is 63.6 Å². The zero-order valence-corrected chi connectivity index (χ0v) is 8.26. The van der Waals surface area contributed by atoms with E-state index in [9.17, 15) is 8.42 Å². The smallest absolute Gasteiger partial charge is 0.298 e. The van der Waals surface area contributed by atoms with Gasteiger partial charge in [0, 0.05) is 11.1 Å². The molecule has 1 N–H and O–H groups in total. The minimum Gasteiger partial charge on any atom is -0.495 e. The molecular weight excluding hydrogens is 216 g/mol. The molecule has 0 atom stereocenters. The summed E-state index contributed by atoms with van der Waals surface area (Å²) in [5.74, 6) is 0.0231. The van der Waals surface area contributed by atoms with Gasteiger partial charge in [-0.3, -0.25) is 4.55 Å². The summed E-state index contributed by atoms with van der Waals surface area (Å²) >= 11 is 5.59. The van der Waals surface area contributed by atoms with Crippen LogP contribution < -0.4 is 4.74 Å². The van der Waals surface area contributed by atoms with Crippen LogP contribution in [0.5, 0.6) is 5.75 Å². The molecule has 0 saturated carbocycles. The van der Waals surface area contributed by atoms with E-state index in [1.54, 1.807) is 0 Å². The van der Waals surface area contributed by atoms with Crippen LogP contribution in [0.3, 0.4) is 0 Å². The van der Waals surface area contributed by atoms with Gasteiger partial charge in [-0.1, -0.05) is 11.6 Å². The zero-order chi connectivity index (χ0) is 10.1. The van der Waals surface area contributed by atoms with Gasteiger partial charge >= 0.3 is 0 Å². The van der Waals surface area contributed by atoms with Crippen LogP contribution in [0.2, 0.25) is 5.02 Å². The fourth-order valence-electron chi connectivity index (χ4n) is 0.855. The predicted octanol–water partition coefficient (Wildman–Crippen LogP) is 1.60. The van der Waals surface area contributed by atoms with E-state index in [4.69, 9.17) is 20.9 Å². The lowest BCUT2D eigenvalue weighted by Gasteiger charge is -2.05. The van der Waals surface area contributed by atoms with E-state index in [1.165, 1.54) is 25.3 Å². The summed E-state index contributed by atoms with van der Waals surface area (Å²) in [6.45, 7) is 0. The summed E-state index contributed by atoms with van der Waals surface area (Å²) < 4.78 is 35.0. The maximum absolute atomic E-state index is 10.8. The van der Waals surface area contributed by atoms with Crippen molar-refractivity contribution in [3.63, 3.8) is 0 Å². The number of benzene rings is 1. The molecular formula is C7H7ClO4S. The van der Waals surface area contributed by atoms with Gasteiger partial charge in [0.15, 0.2) is 0 Å². The van der Waals surface area contributed by atoms with Gasteiger partial charge in [-0.15, -0.1) is 0 Å². The minimum absolute atomic E-state index is 0.0231. The second-order valence-corrected chi connectivity index (χ2v) is 4.10. The second-order valence-electron chi connectivity index (χ2n) is 2.27. The molecule has 1 aromatic rings. The van der Waals surface area contributed by atoms with E-state index in [1.807, 2.05) is 0 Å². The van der Waals surface area contributed by atoms with Crippen LogP contribution in [0.25, 0.3) is 0 Å². The quantitative estimate of drug-likeness (QED) is 0.772. The van der Waals surface area contributed by atoms with Crippen molar-refractivity contribution < 1.29 is 17.7 Å². The van der Waals surface area contributed by atoms with Crippen molar-refractivity contribution in [2.75, 3.05) is 7.11 Å². The van der Waals surface area contributed by atoms with Gasteiger partial charge in [0.1, 0.15) is 10.6 Å². The Labute approximate surface area is 80.8 Å². The van der Waals surface area contributed by atoms with Crippen LogP contribution >= 0.6 is 11.6 Å². The average Bonchev–Trinajstić information content (AvgIpc) is 2.01. The number of ether oxygens (including phenoxy) is 1. The lowest BCUT2D eigenvalue weighted by molar-refractivity contribution is 0.397. The van der Waals surface area contributed by atoms with Crippen molar-refractivity contribution in [2.24, 2.45) is 0 Å². The van der Waals surface area contributed by atoms with Crippen LogP contribution in [-0.4, -0.2) is 20.1 Å². The Hall–Kier alpha value is -0.780. The third-order valence-electron chi connectivity index (χ3n) is 1.40. The molecule has 0 aliphatic carbocycles. The largest absolute Gasteiger partial charge is 0.495 e. The summed E-state index contributed by atoms with van der Waals surface area (Å²) in [6.07, 6.45) is 0. The molecule has 13 heavy (non-hydrogen) atoms. The Bertz CT molecular complexity index is 413. The number of rotatable bonds is 2. The molecule has 0 amide bonds. The lowest BCUT2D eigenvalue weighted by atomic mass is 10.3. The third kappa shape index (κ3) is 2.33. The van der Waals surface area contributed by atoms with E-state index in [-0.39, 0.29) is 10.6 Å². The first-order valence-corrected chi connectivity index (χ1v) is 5.08. The summed E-state index contributed by atoms with van der Waals surface area (Å²) in [7, 11) is -2.95. The molecule has 4 nitrogen and oxygen atoms in total. The molecule has 0 aliphatic rings. The SMILES string of the molecule is COc1cc(Cl)ccc1S(=O)(=O)O. The van der Waals surface area contributed by atoms with E-state index in [0.29, 0.717) is 5.02 Å². The minimum atomic E-state index is -4.25. The molecule has 0 aromatic heterocycles. The lowest BCUT2D eigenvalue weighted by Crippen LogP contribution is -2.00.